The van der Waals surface area contributed by atoms with Crippen molar-refractivity contribution in [1.82, 2.24) is 14.6 Å². The molecule has 0 N–H and O–H groups in total. The van der Waals surface area contributed by atoms with E-state index in [0.717, 1.165) is 22.3 Å². The van der Waals surface area contributed by atoms with Crippen LogP contribution in [0.1, 0.15) is 27.0 Å². The molecule has 108 valence electrons. The van der Waals surface area contributed by atoms with Gasteiger partial charge in [0, 0.05) is 24.0 Å². The molecule has 0 spiro atoms. The fraction of sp³-hybridized carbons (Fsp3) is 0.118. The summed E-state index contributed by atoms with van der Waals surface area (Å²) in [5.74, 6) is 5.74. The van der Waals surface area contributed by atoms with E-state index >= 15 is 0 Å². The first-order valence-electron chi connectivity index (χ1n) is 6.68. The second-order valence-corrected chi connectivity index (χ2v) is 4.75. The zero-order valence-corrected chi connectivity index (χ0v) is 12.2. The largest absolute Gasteiger partial charge is 0.465 e. The number of rotatable bonds is 1. The van der Waals surface area contributed by atoms with Gasteiger partial charge in [-0.2, -0.15) is 5.10 Å². The maximum Gasteiger partial charge on any atom is 0.337 e. The van der Waals surface area contributed by atoms with Gasteiger partial charge in [-0.1, -0.05) is 17.9 Å². The first-order chi connectivity index (χ1) is 10.7. The first-order valence-corrected chi connectivity index (χ1v) is 6.68. The minimum Gasteiger partial charge on any atom is -0.465 e. The van der Waals surface area contributed by atoms with Crippen molar-refractivity contribution in [3.05, 3.63) is 65.1 Å². The number of aromatic nitrogens is 3. The van der Waals surface area contributed by atoms with Gasteiger partial charge in [0.2, 0.25) is 0 Å². The molecule has 0 radical (unpaired) electrons. The van der Waals surface area contributed by atoms with Crippen LogP contribution in [-0.4, -0.2) is 27.7 Å². The molecule has 0 unspecified atom stereocenters. The van der Waals surface area contributed by atoms with E-state index in [9.17, 15) is 4.79 Å². The summed E-state index contributed by atoms with van der Waals surface area (Å²) in [5, 5.41) is 4.13. The van der Waals surface area contributed by atoms with E-state index in [1.54, 1.807) is 29.0 Å². The number of carbonyl (C=O) groups is 1. The van der Waals surface area contributed by atoms with Crippen LogP contribution < -0.4 is 0 Å². The van der Waals surface area contributed by atoms with Crippen LogP contribution in [0, 0.1) is 18.8 Å². The minimum atomic E-state index is -0.373. The molecule has 2 heterocycles. The fourth-order valence-electron chi connectivity index (χ4n) is 2.02. The first kappa shape index (κ1) is 13.8. The number of esters is 1. The molecule has 0 atom stereocenters. The number of benzene rings is 1. The van der Waals surface area contributed by atoms with Crippen LogP contribution in [0.3, 0.4) is 0 Å². The number of methoxy groups -OCH3 is 1. The zero-order valence-electron chi connectivity index (χ0n) is 12.2. The summed E-state index contributed by atoms with van der Waals surface area (Å²) >= 11 is 0. The summed E-state index contributed by atoms with van der Waals surface area (Å²) < 4.78 is 6.39. The molecule has 3 aromatic rings. The number of nitrogens with zero attached hydrogens (tertiary/aromatic N) is 3. The third kappa shape index (κ3) is 2.67. The van der Waals surface area contributed by atoms with Crippen molar-refractivity contribution >= 4 is 11.6 Å². The Hall–Kier alpha value is -3.13. The van der Waals surface area contributed by atoms with Gasteiger partial charge in [-0.3, -0.25) is 0 Å². The van der Waals surface area contributed by atoms with Gasteiger partial charge in [0.25, 0.3) is 0 Å². The molecule has 0 bridgehead atoms. The predicted octanol–water partition coefficient (Wildman–Crippen LogP) is 2.22. The Labute approximate surface area is 127 Å². The SMILES string of the molecule is COC(=O)c1ccc(C)c(C#Cc2cnc3ccnn3c2)c1. The maximum atomic E-state index is 11.6. The van der Waals surface area contributed by atoms with Crippen molar-refractivity contribution in [2.75, 3.05) is 7.11 Å². The second kappa shape index (κ2) is 5.70. The minimum absolute atomic E-state index is 0.373. The normalized spacial score (nSPS) is 10.1. The molecule has 22 heavy (non-hydrogen) atoms. The Morgan fingerprint density at radius 3 is 2.95 bits per heavy atom. The number of hydrogen-bond donors (Lipinski definition) is 0. The van der Waals surface area contributed by atoms with E-state index < -0.39 is 0 Å². The van der Waals surface area contributed by atoms with Gasteiger partial charge in [-0.25, -0.2) is 14.3 Å². The zero-order chi connectivity index (χ0) is 15.5. The fourth-order valence-corrected chi connectivity index (χ4v) is 2.02. The predicted molar refractivity (Wildman–Crippen MR) is 81.5 cm³/mol. The lowest BCUT2D eigenvalue weighted by Gasteiger charge is -2.02. The van der Waals surface area contributed by atoms with Gasteiger partial charge >= 0.3 is 5.97 Å². The van der Waals surface area contributed by atoms with Crippen LogP contribution in [0.4, 0.5) is 0 Å². The average Bonchev–Trinajstić information content (AvgIpc) is 3.01. The average molecular weight is 291 g/mol. The van der Waals surface area contributed by atoms with Crippen molar-refractivity contribution in [1.29, 1.82) is 0 Å². The van der Waals surface area contributed by atoms with Crippen LogP contribution in [0.15, 0.2) is 42.9 Å². The van der Waals surface area contributed by atoms with Gasteiger partial charge in [0.05, 0.1) is 24.4 Å². The molecule has 0 saturated heterocycles. The van der Waals surface area contributed by atoms with E-state index in [1.807, 2.05) is 25.3 Å². The molecular formula is C17H13N3O2. The van der Waals surface area contributed by atoms with Gasteiger partial charge < -0.3 is 4.74 Å². The van der Waals surface area contributed by atoms with E-state index in [1.165, 1.54) is 7.11 Å². The standard InChI is InChI=1S/C17H13N3O2/c1-12-3-5-15(17(21)22-2)9-14(12)6-4-13-10-18-16-7-8-19-20(16)11-13/h3,5,7-11H,1-2H3. The summed E-state index contributed by atoms with van der Waals surface area (Å²) in [6, 6.07) is 7.13. The van der Waals surface area contributed by atoms with E-state index in [-0.39, 0.29) is 5.97 Å². The van der Waals surface area contributed by atoms with Gasteiger partial charge in [-0.15, -0.1) is 0 Å². The number of ether oxygens (including phenoxy) is 1. The van der Waals surface area contributed by atoms with Crippen molar-refractivity contribution in [2.24, 2.45) is 0 Å². The molecule has 5 heteroatoms. The Bertz CT molecular complexity index is 916. The molecule has 0 aliphatic carbocycles. The highest BCUT2D eigenvalue weighted by Crippen LogP contribution is 2.11. The number of carbonyl (C=O) groups excluding carboxylic acids is 1. The highest BCUT2D eigenvalue weighted by Gasteiger charge is 2.06. The third-order valence-electron chi connectivity index (χ3n) is 3.25. The number of aryl methyl sites for hydroxylation is 1. The highest BCUT2D eigenvalue weighted by molar-refractivity contribution is 5.89. The molecule has 0 aliphatic rings. The van der Waals surface area contributed by atoms with Crippen LogP contribution in [0.2, 0.25) is 0 Å². The van der Waals surface area contributed by atoms with Gasteiger partial charge in [0.15, 0.2) is 5.65 Å². The second-order valence-electron chi connectivity index (χ2n) is 4.75. The Morgan fingerprint density at radius 1 is 1.27 bits per heavy atom. The molecule has 0 saturated carbocycles. The molecule has 0 aliphatic heterocycles. The molecule has 3 rings (SSSR count). The molecule has 1 aromatic carbocycles. The van der Waals surface area contributed by atoms with Crippen LogP contribution in [-0.2, 0) is 4.74 Å². The Kier molecular flexibility index (Phi) is 3.58. The number of hydrogen-bond acceptors (Lipinski definition) is 4. The lowest BCUT2D eigenvalue weighted by atomic mass is 10.1. The third-order valence-corrected chi connectivity index (χ3v) is 3.25. The molecule has 0 amide bonds. The topological polar surface area (TPSA) is 56.5 Å². The molecular weight excluding hydrogens is 278 g/mol. The van der Waals surface area contributed by atoms with E-state index in [2.05, 4.69) is 21.9 Å². The van der Waals surface area contributed by atoms with E-state index in [0.29, 0.717) is 5.56 Å². The van der Waals surface area contributed by atoms with Crippen molar-refractivity contribution < 1.29 is 9.53 Å². The van der Waals surface area contributed by atoms with Crippen molar-refractivity contribution in [2.45, 2.75) is 6.92 Å². The van der Waals surface area contributed by atoms with Crippen molar-refractivity contribution in [3.63, 3.8) is 0 Å². The lowest BCUT2D eigenvalue weighted by Crippen LogP contribution is -2.01. The smallest absolute Gasteiger partial charge is 0.337 e. The Balaban J connectivity index is 1.97. The van der Waals surface area contributed by atoms with E-state index in [4.69, 9.17) is 4.74 Å². The summed E-state index contributed by atoms with van der Waals surface area (Å²) in [6.45, 7) is 1.94. The maximum absolute atomic E-state index is 11.6. The van der Waals surface area contributed by atoms with Gasteiger partial charge in [-0.05, 0) is 24.6 Å². The van der Waals surface area contributed by atoms with Crippen LogP contribution in [0.5, 0.6) is 0 Å². The summed E-state index contributed by atoms with van der Waals surface area (Å²) in [7, 11) is 1.36. The lowest BCUT2D eigenvalue weighted by molar-refractivity contribution is 0.0600. The summed E-state index contributed by atoms with van der Waals surface area (Å²) in [6.07, 6.45) is 5.20. The summed E-state index contributed by atoms with van der Waals surface area (Å²) in [5.41, 5.74) is 3.78. The van der Waals surface area contributed by atoms with Gasteiger partial charge in [0.1, 0.15) is 0 Å². The monoisotopic (exact) mass is 291 g/mol. The number of fused-ring (bicyclic) bond motifs is 1. The van der Waals surface area contributed by atoms with Crippen molar-refractivity contribution in [3.8, 4) is 11.8 Å². The molecule has 5 nitrogen and oxygen atoms in total. The Morgan fingerprint density at radius 2 is 2.14 bits per heavy atom. The summed E-state index contributed by atoms with van der Waals surface area (Å²) in [4.78, 5) is 15.8. The molecule has 0 fully saturated rings. The molecule has 2 aromatic heterocycles. The highest BCUT2D eigenvalue weighted by atomic mass is 16.5. The van der Waals surface area contributed by atoms with Crippen LogP contribution >= 0.6 is 0 Å². The van der Waals surface area contributed by atoms with Crippen LogP contribution in [0.25, 0.3) is 5.65 Å². The quantitative estimate of drug-likeness (QED) is 0.509.